The number of aromatic nitrogens is 5. The van der Waals surface area contributed by atoms with Gasteiger partial charge in [-0.3, -0.25) is 14.4 Å². The maximum atomic E-state index is 13.5. The number of thiazole rings is 1. The fraction of sp³-hybridized carbons (Fsp3) is 0.500. The van der Waals surface area contributed by atoms with Crippen molar-refractivity contribution in [2.24, 2.45) is 5.41 Å². The fourth-order valence-electron chi connectivity index (χ4n) is 9.82. The Hall–Kier alpha value is -6.39. The van der Waals surface area contributed by atoms with E-state index >= 15 is 0 Å². The number of likely N-dealkylation sites (tertiary alicyclic amines) is 2. The van der Waals surface area contributed by atoms with Crippen molar-refractivity contribution >= 4 is 45.9 Å². The van der Waals surface area contributed by atoms with Crippen LogP contribution in [0, 0.1) is 12.3 Å². The van der Waals surface area contributed by atoms with Gasteiger partial charge in [0.25, 0.3) is 0 Å². The molecular formula is C58H76N10O9S. The van der Waals surface area contributed by atoms with Crippen molar-refractivity contribution in [2.75, 3.05) is 91.3 Å². The molecule has 5 heterocycles. The summed E-state index contributed by atoms with van der Waals surface area (Å²) in [6.45, 7) is 12.4. The van der Waals surface area contributed by atoms with Crippen LogP contribution in [0.5, 0.6) is 11.5 Å². The number of nitrogens with one attached hydrogen (secondary N) is 2. The number of benzene rings is 3. The average Bonchev–Trinajstić information content (AvgIpc) is 4.18. The lowest BCUT2D eigenvalue weighted by Crippen LogP contribution is -2.47. The van der Waals surface area contributed by atoms with Gasteiger partial charge in [0.1, 0.15) is 42.0 Å². The van der Waals surface area contributed by atoms with Crippen LogP contribution in [0.1, 0.15) is 82.5 Å². The summed E-state index contributed by atoms with van der Waals surface area (Å²) < 4.78 is 30.6. The first-order chi connectivity index (χ1) is 37.9. The summed E-state index contributed by atoms with van der Waals surface area (Å²) in [7, 11) is 0. The van der Waals surface area contributed by atoms with E-state index in [0.29, 0.717) is 52.0 Å². The number of unbranched alkanes of at least 4 members (excludes halogenated alkanes) is 3. The van der Waals surface area contributed by atoms with Gasteiger partial charge in [-0.2, -0.15) is 5.10 Å². The van der Waals surface area contributed by atoms with Gasteiger partial charge in [0, 0.05) is 57.7 Å². The van der Waals surface area contributed by atoms with E-state index in [0.717, 1.165) is 114 Å². The number of carbonyl (C=O) groups excluding carboxylic acids is 3. The third-order valence-electron chi connectivity index (χ3n) is 14.1. The molecule has 0 bridgehead atoms. The molecule has 2 fully saturated rings. The molecule has 3 aromatic carbocycles. The number of nitrogens with zero attached hydrogens (tertiary/aromatic N) is 7. The molecule has 0 unspecified atom stereocenters. The summed E-state index contributed by atoms with van der Waals surface area (Å²) in [6.07, 6.45) is 7.42. The molecule has 5 N–H and O–H groups in total. The van der Waals surface area contributed by atoms with Gasteiger partial charge in [0.05, 0.1) is 73.3 Å². The van der Waals surface area contributed by atoms with E-state index in [4.69, 9.17) is 34.5 Å². The summed E-state index contributed by atoms with van der Waals surface area (Å²) >= 11 is 1.58. The van der Waals surface area contributed by atoms with Crippen LogP contribution < -0.4 is 21.1 Å². The van der Waals surface area contributed by atoms with Gasteiger partial charge in [-0.15, -0.1) is 11.3 Å². The zero-order valence-electron chi connectivity index (χ0n) is 45.3. The normalized spacial score (nSPS) is 16.2. The van der Waals surface area contributed by atoms with E-state index in [1.807, 2.05) is 105 Å². The lowest BCUT2D eigenvalue weighted by atomic mass is 9.88. The summed E-state index contributed by atoms with van der Waals surface area (Å²) in [6, 6.07) is 25.0. The van der Waals surface area contributed by atoms with Crippen molar-refractivity contribution in [3.63, 3.8) is 0 Å². The highest BCUT2D eigenvalue weighted by molar-refractivity contribution is 7.13. The van der Waals surface area contributed by atoms with E-state index in [1.54, 1.807) is 11.3 Å². The number of nitrogens with two attached hydrogens (primary N) is 1. The Morgan fingerprint density at radius 1 is 0.782 bits per heavy atom. The maximum absolute atomic E-state index is 13.5. The average molecular weight is 1090 g/mol. The quantitative estimate of drug-likeness (QED) is 0.0323. The molecule has 418 valence electrons. The van der Waals surface area contributed by atoms with Gasteiger partial charge in [-0.25, -0.2) is 19.6 Å². The molecule has 19 nitrogen and oxygen atoms in total. The Balaban J connectivity index is 0.601. The minimum absolute atomic E-state index is 0.0821. The number of rotatable bonds is 30. The number of carbonyl (C=O) groups is 3. The van der Waals surface area contributed by atoms with E-state index in [1.165, 1.54) is 11.2 Å². The Bertz CT molecular complexity index is 2820. The molecule has 2 atom stereocenters. The van der Waals surface area contributed by atoms with Gasteiger partial charge in [0.2, 0.25) is 17.7 Å². The van der Waals surface area contributed by atoms with E-state index in [-0.39, 0.29) is 62.9 Å². The van der Waals surface area contributed by atoms with Crippen molar-refractivity contribution in [3.05, 3.63) is 102 Å². The Morgan fingerprint density at radius 3 is 2.15 bits per heavy atom. The number of anilines is 1. The van der Waals surface area contributed by atoms with Crippen LogP contribution in [0.15, 0.2) is 90.7 Å². The predicted molar refractivity (Wildman–Crippen MR) is 300 cm³/mol. The highest BCUT2D eigenvalue weighted by atomic mass is 32.1. The first kappa shape index (κ1) is 57.8. The predicted octanol–water partition coefficient (Wildman–Crippen LogP) is 7.37. The van der Waals surface area contributed by atoms with E-state index < -0.39 is 17.6 Å². The topological polar surface area (TPSA) is 231 Å². The lowest BCUT2D eigenvalue weighted by molar-refractivity contribution is -0.140. The summed E-state index contributed by atoms with van der Waals surface area (Å²) in [5.41, 5.74) is 13.1. The molecule has 2 aliphatic heterocycles. The maximum Gasteiger partial charge on any atom is 0.246 e. The number of aryl methyl sites for hydroxylation is 1. The van der Waals surface area contributed by atoms with Gasteiger partial charge >= 0.3 is 0 Å². The molecule has 8 rings (SSSR count). The zero-order valence-corrected chi connectivity index (χ0v) is 46.1. The van der Waals surface area contributed by atoms with Crippen LogP contribution in [0.25, 0.3) is 32.7 Å². The van der Waals surface area contributed by atoms with Crippen LogP contribution in [0.3, 0.4) is 0 Å². The standard InChI is InChI=1S/C58H76N10O9S/c1-41-54(78-40-64-41)44-15-13-42(14-16-44)35-60-57(72)49-33-46(69)36-67(49)51(71)34-58(2,3)38-61-50(70)37-76-32-31-75-30-29-74-28-27-73-26-10-5-4-9-23-66-24-21-45(22-25-66)68-56-52(55(59)62-39-63-56)53(65-68)43-17-19-48(20-18-43)77-47-11-7-6-8-12-47/h6-8,11-20,39-40,45-46,49,69H,4-5,9-10,21-38H2,1-3H3,(H,60,72)(H,61,70)(H2,59,62,63)/t46-,49+/m1/s1. The number of aliphatic hydroxyl groups is 1. The molecule has 2 saturated heterocycles. The molecule has 0 radical (unpaired) electrons. The Morgan fingerprint density at radius 2 is 1.45 bits per heavy atom. The molecule has 3 amide bonds. The molecule has 2 aliphatic rings. The molecule has 0 spiro atoms. The highest BCUT2D eigenvalue weighted by Crippen LogP contribution is 2.36. The number of hydrogen-bond donors (Lipinski definition) is 4. The molecule has 78 heavy (non-hydrogen) atoms. The molecule has 20 heteroatoms. The fourth-order valence-corrected chi connectivity index (χ4v) is 10.6. The van der Waals surface area contributed by atoms with Gasteiger partial charge < -0.3 is 55.0 Å². The number of ether oxygens (including phenoxy) is 5. The number of aliphatic hydroxyl groups excluding tert-OH is 1. The van der Waals surface area contributed by atoms with E-state index in [9.17, 15) is 19.5 Å². The second-order valence-electron chi connectivity index (χ2n) is 20.8. The molecular weight excluding hydrogens is 1010 g/mol. The van der Waals surface area contributed by atoms with Crippen molar-refractivity contribution in [1.29, 1.82) is 0 Å². The second-order valence-corrected chi connectivity index (χ2v) is 21.7. The summed E-state index contributed by atoms with van der Waals surface area (Å²) in [5, 5.41) is 22.1. The van der Waals surface area contributed by atoms with Gasteiger partial charge in [0.15, 0.2) is 5.65 Å². The molecule has 0 saturated carbocycles. The number of piperidine rings is 1. The number of fused-ring (bicyclic) bond motifs is 1. The first-order valence-electron chi connectivity index (χ1n) is 27.3. The zero-order chi connectivity index (χ0) is 54.7. The molecule has 0 aliphatic carbocycles. The van der Waals surface area contributed by atoms with Crippen molar-refractivity contribution in [2.45, 2.75) is 96.9 Å². The van der Waals surface area contributed by atoms with E-state index in [2.05, 4.69) is 35.2 Å². The number of β-amino-alcohol motifs (C(OH)–C–C–N with tert-alkyl or cyclic N) is 1. The minimum Gasteiger partial charge on any atom is -0.457 e. The number of amides is 3. The van der Waals surface area contributed by atoms with Crippen LogP contribution in [-0.4, -0.2) is 155 Å². The highest BCUT2D eigenvalue weighted by Gasteiger charge is 2.40. The van der Waals surface area contributed by atoms with Crippen molar-refractivity contribution in [1.82, 2.24) is 45.2 Å². The summed E-state index contributed by atoms with van der Waals surface area (Å²) in [5.74, 6) is 1.09. The van der Waals surface area contributed by atoms with Gasteiger partial charge in [-0.1, -0.05) is 69.2 Å². The van der Waals surface area contributed by atoms with Crippen LogP contribution >= 0.6 is 11.3 Å². The third-order valence-corrected chi connectivity index (χ3v) is 15.1. The lowest BCUT2D eigenvalue weighted by Gasteiger charge is -2.32. The van der Waals surface area contributed by atoms with Crippen molar-refractivity contribution < 1.29 is 43.2 Å². The van der Waals surface area contributed by atoms with Crippen molar-refractivity contribution in [3.8, 4) is 33.2 Å². The Kier molecular flexibility index (Phi) is 21.5. The number of hydrogen-bond acceptors (Lipinski definition) is 16. The third kappa shape index (κ3) is 16.8. The monoisotopic (exact) mass is 1090 g/mol. The molecule has 3 aromatic heterocycles. The van der Waals surface area contributed by atoms with Crippen LogP contribution in [0.2, 0.25) is 0 Å². The first-order valence-corrected chi connectivity index (χ1v) is 28.2. The van der Waals surface area contributed by atoms with Gasteiger partial charge in [-0.05, 0) is 92.1 Å². The smallest absolute Gasteiger partial charge is 0.246 e. The number of nitrogen functional groups attached to an aromatic ring is 1. The Labute approximate surface area is 461 Å². The minimum atomic E-state index is -0.792. The second kappa shape index (κ2) is 29.0. The SMILES string of the molecule is Cc1ncsc1-c1ccc(CNC(=O)[C@@H]2C[C@@H](O)CN2C(=O)CC(C)(C)CNC(=O)COCCOCCOCCOCCCCCCN2CCC(n3nc(-c4ccc(Oc5ccccc5)cc4)c4c(N)ncnc43)CC2)cc1. The van der Waals surface area contributed by atoms with Crippen LogP contribution in [-0.2, 0) is 39.9 Å². The molecule has 6 aromatic rings. The van der Waals surface area contributed by atoms with Crippen LogP contribution in [0.4, 0.5) is 5.82 Å². The number of para-hydroxylation sites is 1. The largest absolute Gasteiger partial charge is 0.457 e. The summed E-state index contributed by atoms with van der Waals surface area (Å²) in [4.78, 5) is 57.6.